The van der Waals surface area contributed by atoms with Gasteiger partial charge in [-0.3, -0.25) is 14.9 Å². The second kappa shape index (κ2) is 6.88. The lowest BCUT2D eigenvalue weighted by Crippen LogP contribution is -2.17. The van der Waals surface area contributed by atoms with Gasteiger partial charge < -0.3 is 10.2 Å². The molecule has 0 aliphatic carbocycles. The zero-order valence-electron chi connectivity index (χ0n) is 11.4. The van der Waals surface area contributed by atoms with Crippen LogP contribution in [-0.4, -0.2) is 27.3 Å². The zero-order chi connectivity index (χ0) is 17.0. The van der Waals surface area contributed by atoms with E-state index in [1.165, 1.54) is 18.2 Å². The molecule has 2 rings (SSSR count). The van der Waals surface area contributed by atoms with Crippen LogP contribution in [0.3, 0.4) is 0 Å². The molecule has 0 aliphatic heterocycles. The summed E-state index contributed by atoms with van der Waals surface area (Å²) in [6, 6.07) is 8.44. The highest BCUT2D eigenvalue weighted by atomic mass is 79.9. The molecular weight excluding hydrogens is 370 g/mol. The van der Waals surface area contributed by atoms with Crippen molar-refractivity contribution in [3.05, 3.63) is 62.1 Å². The van der Waals surface area contributed by atoms with E-state index in [2.05, 4.69) is 26.5 Å². The first-order chi connectivity index (χ1) is 10.9. The van der Waals surface area contributed by atoms with Gasteiger partial charge in [-0.15, -0.1) is 0 Å². The van der Waals surface area contributed by atoms with Gasteiger partial charge >= 0.3 is 5.69 Å². The molecule has 2 aromatic rings. The van der Waals surface area contributed by atoms with Crippen molar-refractivity contribution < 1.29 is 19.9 Å². The lowest BCUT2D eigenvalue weighted by molar-refractivity contribution is -0.385. The van der Waals surface area contributed by atoms with E-state index in [1.54, 1.807) is 12.1 Å². The highest BCUT2D eigenvalue weighted by molar-refractivity contribution is 9.10. The van der Waals surface area contributed by atoms with Gasteiger partial charge in [0, 0.05) is 16.1 Å². The van der Waals surface area contributed by atoms with E-state index < -0.39 is 22.3 Å². The third kappa shape index (κ3) is 3.83. The summed E-state index contributed by atoms with van der Waals surface area (Å²) >= 11 is 3.08. The number of hydrogen-bond donors (Lipinski definition) is 3. The molecule has 0 saturated carbocycles. The van der Waals surface area contributed by atoms with Gasteiger partial charge in [0.25, 0.3) is 5.91 Å². The van der Waals surface area contributed by atoms with E-state index in [-0.39, 0.29) is 16.9 Å². The topological polar surface area (TPSA) is 125 Å². The molecule has 0 radical (unpaired) electrons. The number of aromatic hydroxyl groups is 2. The number of rotatable bonds is 4. The number of phenolic OH excluding ortho intramolecular Hbond substituents is 2. The SMILES string of the molecule is O=C(N/N=C\c1cc(Br)cc([N+](=O)[O-])c1O)c1ccccc1O. The van der Waals surface area contributed by atoms with Crippen molar-refractivity contribution in [1.82, 2.24) is 5.43 Å². The molecule has 3 N–H and O–H groups in total. The fourth-order valence-corrected chi connectivity index (χ4v) is 2.19. The van der Waals surface area contributed by atoms with Gasteiger partial charge in [0.2, 0.25) is 5.75 Å². The minimum Gasteiger partial charge on any atom is -0.507 e. The second-order valence-corrected chi connectivity index (χ2v) is 5.25. The monoisotopic (exact) mass is 379 g/mol. The molecule has 0 atom stereocenters. The number of nitro benzene ring substituents is 1. The number of phenols is 2. The van der Waals surface area contributed by atoms with Crippen LogP contribution in [0.2, 0.25) is 0 Å². The van der Waals surface area contributed by atoms with Gasteiger partial charge in [0.05, 0.1) is 16.7 Å². The van der Waals surface area contributed by atoms with E-state index in [0.717, 1.165) is 12.3 Å². The van der Waals surface area contributed by atoms with Crippen molar-refractivity contribution in [3.63, 3.8) is 0 Å². The summed E-state index contributed by atoms with van der Waals surface area (Å²) in [7, 11) is 0. The number of halogens is 1. The molecule has 0 heterocycles. The molecule has 8 nitrogen and oxygen atoms in total. The average molecular weight is 380 g/mol. The normalized spacial score (nSPS) is 10.7. The molecule has 0 aliphatic rings. The van der Waals surface area contributed by atoms with Crippen LogP contribution in [0.5, 0.6) is 11.5 Å². The third-order valence-corrected chi connectivity index (χ3v) is 3.26. The van der Waals surface area contributed by atoms with Crippen LogP contribution >= 0.6 is 15.9 Å². The minimum absolute atomic E-state index is 0.0223. The van der Waals surface area contributed by atoms with Crippen molar-refractivity contribution in [2.75, 3.05) is 0 Å². The van der Waals surface area contributed by atoms with Gasteiger partial charge in [-0.1, -0.05) is 28.1 Å². The highest BCUT2D eigenvalue weighted by Crippen LogP contribution is 2.32. The fraction of sp³-hybridized carbons (Fsp3) is 0. The summed E-state index contributed by atoms with van der Waals surface area (Å²) in [6.07, 6.45) is 1.06. The predicted octanol–water partition coefficient (Wildman–Crippen LogP) is 2.53. The van der Waals surface area contributed by atoms with Crippen LogP contribution < -0.4 is 5.43 Å². The summed E-state index contributed by atoms with van der Waals surface area (Å²) in [5.41, 5.74) is 1.73. The first kappa shape index (κ1) is 16.4. The number of amides is 1. The Morgan fingerprint density at radius 2 is 2.00 bits per heavy atom. The number of hydrazone groups is 1. The molecule has 0 fully saturated rings. The Labute approximate surface area is 138 Å². The Bertz CT molecular complexity index is 807. The molecule has 118 valence electrons. The van der Waals surface area contributed by atoms with Crippen LogP contribution in [0.4, 0.5) is 5.69 Å². The van der Waals surface area contributed by atoms with E-state index in [1.807, 2.05) is 0 Å². The molecular formula is C14H10BrN3O5. The molecule has 2 aromatic carbocycles. The van der Waals surface area contributed by atoms with Gasteiger partial charge in [-0.2, -0.15) is 5.10 Å². The number of carbonyl (C=O) groups is 1. The maximum absolute atomic E-state index is 11.8. The predicted molar refractivity (Wildman–Crippen MR) is 85.6 cm³/mol. The van der Waals surface area contributed by atoms with Crippen molar-refractivity contribution in [1.29, 1.82) is 0 Å². The first-order valence-electron chi connectivity index (χ1n) is 6.18. The van der Waals surface area contributed by atoms with Gasteiger partial charge in [0.1, 0.15) is 5.75 Å². The number of nitrogens with zero attached hydrogens (tertiary/aromatic N) is 2. The number of hydrogen-bond acceptors (Lipinski definition) is 6. The Morgan fingerprint density at radius 3 is 2.65 bits per heavy atom. The number of para-hydroxylation sites is 1. The zero-order valence-corrected chi connectivity index (χ0v) is 13.0. The summed E-state index contributed by atoms with van der Waals surface area (Å²) in [5, 5.41) is 33.8. The first-order valence-corrected chi connectivity index (χ1v) is 6.97. The number of nitro groups is 1. The standard InChI is InChI=1S/C14H10BrN3O5/c15-9-5-8(13(20)11(6-9)18(22)23)7-16-17-14(21)10-3-1-2-4-12(10)19/h1-7,19-20H,(H,17,21)/b16-7-. The van der Waals surface area contributed by atoms with Gasteiger partial charge in [-0.25, -0.2) is 5.43 Å². The lowest BCUT2D eigenvalue weighted by atomic mass is 10.2. The van der Waals surface area contributed by atoms with Crippen molar-refractivity contribution in [2.45, 2.75) is 0 Å². The Balaban J connectivity index is 2.20. The van der Waals surface area contributed by atoms with Crippen molar-refractivity contribution >= 4 is 33.7 Å². The Kier molecular flexibility index (Phi) is 4.91. The molecule has 0 unspecified atom stereocenters. The van der Waals surface area contributed by atoms with Crippen molar-refractivity contribution in [2.24, 2.45) is 5.10 Å². The van der Waals surface area contributed by atoms with Crippen molar-refractivity contribution in [3.8, 4) is 11.5 Å². The van der Waals surface area contributed by atoms with Gasteiger partial charge in [-0.05, 0) is 18.2 Å². The molecule has 9 heteroatoms. The second-order valence-electron chi connectivity index (χ2n) is 4.34. The van der Waals surface area contributed by atoms with E-state index in [4.69, 9.17) is 0 Å². The van der Waals surface area contributed by atoms with Crippen LogP contribution in [0, 0.1) is 10.1 Å². The molecule has 0 saturated heterocycles. The lowest BCUT2D eigenvalue weighted by Gasteiger charge is -2.03. The summed E-state index contributed by atoms with van der Waals surface area (Å²) in [4.78, 5) is 21.9. The molecule has 1 amide bonds. The number of benzene rings is 2. The number of carbonyl (C=O) groups excluding carboxylic acids is 1. The van der Waals surface area contributed by atoms with E-state index in [0.29, 0.717) is 4.47 Å². The molecule has 23 heavy (non-hydrogen) atoms. The van der Waals surface area contributed by atoms with Crippen LogP contribution in [0.15, 0.2) is 46.0 Å². The molecule has 0 aromatic heterocycles. The van der Waals surface area contributed by atoms with Crippen LogP contribution in [0.25, 0.3) is 0 Å². The fourth-order valence-electron chi connectivity index (χ4n) is 1.73. The van der Waals surface area contributed by atoms with Crippen LogP contribution in [0.1, 0.15) is 15.9 Å². The summed E-state index contributed by atoms with van der Waals surface area (Å²) in [6.45, 7) is 0. The van der Waals surface area contributed by atoms with E-state index in [9.17, 15) is 25.1 Å². The van der Waals surface area contributed by atoms with Gasteiger partial charge in [0.15, 0.2) is 0 Å². The Morgan fingerprint density at radius 1 is 1.30 bits per heavy atom. The average Bonchev–Trinajstić information content (AvgIpc) is 2.50. The van der Waals surface area contributed by atoms with E-state index >= 15 is 0 Å². The Hall–Kier alpha value is -2.94. The summed E-state index contributed by atoms with van der Waals surface area (Å²) < 4.78 is 0.371. The largest absolute Gasteiger partial charge is 0.507 e. The molecule has 0 bridgehead atoms. The molecule has 0 spiro atoms. The summed E-state index contributed by atoms with van der Waals surface area (Å²) in [5.74, 6) is -1.44. The smallest absolute Gasteiger partial charge is 0.312 e. The number of nitrogens with one attached hydrogen (secondary N) is 1. The highest BCUT2D eigenvalue weighted by Gasteiger charge is 2.17. The maximum atomic E-state index is 11.8. The maximum Gasteiger partial charge on any atom is 0.312 e. The quantitative estimate of drug-likeness (QED) is 0.427. The third-order valence-electron chi connectivity index (χ3n) is 2.80. The minimum atomic E-state index is -0.738. The van der Waals surface area contributed by atoms with Crippen LogP contribution in [-0.2, 0) is 0 Å².